The van der Waals surface area contributed by atoms with Crippen LogP contribution in [0.4, 0.5) is 26.3 Å². The van der Waals surface area contributed by atoms with Gasteiger partial charge in [0, 0.05) is 12.6 Å². The highest BCUT2D eigenvalue weighted by Gasteiger charge is 2.35. The van der Waals surface area contributed by atoms with Gasteiger partial charge < -0.3 is 9.30 Å². The molecule has 0 N–H and O–H groups in total. The molecule has 0 aliphatic rings. The molecule has 0 amide bonds. The summed E-state index contributed by atoms with van der Waals surface area (Å²) in [6.45, 7) is -0.398. The van der Waals surface area contributed by atoms with E-state index in [1.807, 2.05) is 0 Å². The summed E-state index contributed by atoms with van der Waals surface area (Å²) in [7, 11) is 1.41. The summed E-state index contributed by atoms with van der Waals surface area (Å²) < 4.78 is 85.1. The molecule has 28 heavy (non-hydrogen) atoms. The molecule has 1 aromatic heterocycles. The van der Waals surface area contributed by atoms with Crippen molar-refractivity contribution in [2.75, 3.05) is 0 Å². The van der Waals surface area contributed by atoms with Crippen molar-refractivity contribution in [2.45, 2.75) is 19.0 Å². The fraction of sp³-hybridized carbons (Fsp3) is 0.222. The molecule has 2 aromatic carbocycles. The summed E-state index contributed by atoms with van der Waals surface area (Å²) in [6.07, 6.45) is -9.20. The van der Waals surface area contributed by atoms with Crippen LogP contribution in [0.2, 0.25) is 0 Å². The van der Waals surface area contributed by atoms with Crippen molar-refractivity contribution in [1.82, 2.24) is 14.8 Å². The molecule has 3 aromatic rings. The maximum absolute atomic E-state index is 13.2. The van der Waals surface area contributed by atoms with Gasteiger partial charge >= 0.3 is 12.4 Å². The fourth-order valence-corrected chi connectivity index (χ4v) is 2.62. The summed E-state index contributed by atoms with van der Waals surface area (Å²) in [6, 6.07) is 9.47. The number of rotatable bonds is 4. The molecule has 0 spiro atoms. The monoisotopic (exact) mass is 401 g/mol. The predicted octanol–water partition coefficient (Wildman–Crippen LogP) is 5.10. The van der Waals surface area contributed by atoms with Gasteiger partial charge in [0.15, 0.2) is 11.6 Å². The summed E-state index contributed by atoms with van der Waals surface area (Å²) in [5.41, 5.74) is -2.04. The second-order valence-corrected chi connectivity index (χ2v) is 5.82. The van der Waals surface area contributed by atoms with Crippen molar-refractivity contribution < 1.29 is 31.1 Å². The van der Waals surface area contributed by atoms with Gasteiger partial charge in [-0.15, -0.1) is 10.2 Å². The Kier molecular flexibility index (Phi) is 5.05. The lowest BCUT2D eigenvalue weighted by Crippen LogP contribution is -2.11. The van der Waals surface area contributed by atoms with E-state index in [-0.39, 0.29) is 17.2 Å². The lowest BCUT2D eigenvalue weighted by Gasteiger charge is -2.14. The number of hydrogen-bond acceptors (Lipinski definition) is 3. The van der Waals surface area contributed by atoms with Crippen LogP contribution in [0, 0.1) is 0 Å². The number of aromatic nitrogens is 3. The van der Waals surface area contributed by atoms with E-state index < -0.39 is 35.8 Å². The van der Waals surface area contributed by atoms with Crippen LogP contribution < -0.4 is 4.74 Å². The first-order chi connectivity index (χ1) is 13.1. The Bertz CT molecular complexity index is 978. The molecule has 0 atom stereocenters. The van der Waals surface area contributed by atoms with Gasteiger partial charge in [0.1, 0.15) is 12.4 Å². The van der Waals surface area contributed by atoms with Gasteiger partial charge in [-0.1, -0.05) is 30.3 Å². The Balaban J connectivity index is 1.89. The molecule has 0 aliphatic heterocycles. The molecular formula is C18H13F6N3O. The Morgan fingerprint density at radius 2 is 1.39 bits per heavy atom. The topological polar surface area (TPSA) is 39.9 Å². The minimum absolute atomic E-state index is 0.0731. The molecule has 0 saturated carbocycles. The van der Waals surface area contributed by atoms with Gasteiger partial charge in [-0.3, -0.25) is 0 Å². The number of nitrogens with zero attached hydrogens (tertiary/aromatic N) is 3. The average Bonchev–Trinajstić information content (AvgIpc) is 2.99. The van der Waals surface area contributed by atoms with Gasteiger partial charge in [0.2, 0.25) is 0 Å². The smallest absolute Gasteiger partial charge is 0.419 e. The number of para-hydroxylation sites is 1. The fourth-order valence-electron chi connectivity index (χ4n) is 2.62. The Labute approximate surface area is 155 Å². The highest BCUT2D eigenvalue weighted by Crippen LogP contribution is 2.37. The van der Waals surface area contributed by atoms with Crippen LogP contribution in [0.1, 0.15) is 17.0 Å². The molecular weight excluding hydrogens is 388 g/mol. The third-order valence-electron chi connectivity index (χ3n) is 3.99. The first-order valence-electron chi connectivity index (χ1n) is 7.93. The normalized spacial score (nSPS) is 12.2. The van der Waals surface area contributed by atoms with E-state index in [1.165, 1.54) is 41.9 Å². The highest BCUT2D eigenvalue weighted by atomic mass is 19.4. The summed E-state index contributed by atoms with van der Waals surface area (Å²) in [4.78, 5) is 0. The zero-order valence-electron chi connectivity index (χ0n) is 14.3. The molecule has 0 radical (unpaired) electrons. The summed E-state index contributed by atoms with van der Waals surface area (Å²) >= 11 is 0. The van der Waals surface area contributed by atoms with E-state index in [1.54, 1.807) is 0 Å². The highest BCUT2D eigenvalue weighted by molar-refractivity contribution is 5.61. The van der Waals surface area contributed by atoms with E-state index in [9.17, 15) is 26.3 Å². The molecule has 4 nitrogen and oxygen atoms in total. The summed E-state index contributed by atoms with van der Waals surface area (Å²) in [5.74, 6) is -0.408. The van der Waals surface area contributed by atoms with Crippen molar-refractivity contribution in [2.24, 2.45) is 7.05 Å². The maximum Gasteiger partial charge on any atom is 0.419 e. The van der Waals surface area contributed by atoms with Gasteiger partial charge in [-0.2, -0.15) is 26.3 Å². The Hall–Kier alpha value is -3.04. The third kappa shape index (κ3) is 3.95. The van der Waals surface area contributed by atoms with Crippen LogP contribution >= 0.6 is 0 Å². The quantitative estimate of drug-likeness (QED) is 0.571. The summed E-state index contributed by atoms with van der Waals surface area (Å²) in [5, 5.41) is 7.52. The predicted molar refractivity (Wildman–Crippen MR) is 87.2 cm³/mol. The van der Waals surface area contributed by atoms with Crippen LogP contribution in [-0.2, 0) is 26.0 Å². The zero-order chi connectivity index (χ0) is 20.5. The maximum atomic E-state index is 13.2. The van der Waals surface area contributed by atoms with Crippen molar-refractivity contribution in [3.63, 3.8) is 0 Å². The second-order valence-electron chi connectivity index (χ2n) is 5.82. The standard InChI is InChI=1S/C18H13F6N3O/c1-27-15(10-28-14-9-5-4-8-13(14)18(22,23)24)25-26-16(27)11-6-2-3-7-12(11)17(19,20)21/h2-9H,10H2,1H3. The number of benzene rings is 2. The lowest BCUT2D eigenvalue weighted by molar-refractivity contribution is -0.139. The number of alkyl halides is 6. The number of ether oxygens (including phenoxy) is 1. The second kappa shape index (κ2) is 7.17. The van der Waals surface area contributed by atoms with Crippen LogP contribution in [0.25, 0.3) is 11.4 Å². The first kappa shape index (κ1) is 19.7. The van der Waals surface area contributed by atoms with E-state index in [4.69, 9.17) is 4.74 Å². The third-order valence-corrected chi connectivity index (χ3v) is 3.99. The van der Waals surface area contributed by atoms with Crippen LogP contribution in [0.3, 0.4) is 0 Å². The molecule has 0 aliphatic carbocycles. The molecule has 3 rings (SSSR count). The SMILES string of the molecule is Cn1c(COc2ccccc2C(F)(F)F)nnc1-c1ccccc1C(F)(F)F. The van der Waals surface area contributed by atoms with Gasteiger partial charge in [0.25, 0.3) is 0 Å². The van der Waals surface area contributed by atoms with Crippen molar-refractivity contribution in [3.05, 3.63) is 65.5 Å². The Morgan fingerprint density at radius 3 is 2.04 bits per heavy atom. The molecule has 10 heteroatoms. The van der Waals surface area contributed by atoms with E-state index in [0.717, 1.165) is 18.2 Å². The van der Waals surface area contributed by atoms with Gasteiger partial charge in [-0.05, 0) is 18.2 Å². The molecule has 0 unspecified atom stereocenters. The molecule has 148 valence electrons. The minimum atomic E-state index is -4.60. The van der Waals surface area contributed by atoms with Crippen molar-refractivity contribution in [1.29, 1.82) is 0 Å². The number of hydrogen-bond donors (Lipinski definition) is 0. The van der Waals surface area contributed by atoms with Crippen molar-refractivity contribution >= 4 is 0 Å². The zero-order valence-corrected chi connectivity index (χ0v) is 14.3. The molecule has 0 fully saturated rings. The first-order valence-corrected chi connectivity index (χ1v) is 7.93. The van der Waals surface area contributed by atoms with Crippen LogP contribution in [0.5, 0.6) is 5.75 Å². The van der Waals surface area contributed by atoms with Gasteiger partial charge in [-0.25, -0.2) is 0 Å². The van der Waals surface area contributed by atoms with E-state index >= 15 is 0 Å². The number of halogens is 6. The van der Waals surface area contributed by atoms with Crippen molar-refractivity contribution in [3.8, 4) is 17.1 Å². The van der Waals surface area contributed by atoms with E-state index in [2.05, 4.69) is 10.2 Å². The van der Waals surface area contributed by atoms with Crippen LogP contribution in [-0.4, -0.2) is 14.8 Å². The minimum Gasteiger partial charge on any atom is -0.485 e. The Morgan fingerprint density at radius 1 is 0.821 bits per heavy atom. The van der Waals surface area contributed by atoms with Crippen LogP contribution in [0.15, 0.2) is 48.5 Å². The molecule has 0 bridgehead atoms. The average molecular weight is 401 g/mol. The molecule has 0 saturated heterocycles. The largest absolute Gasteiger partial charge is 0.485 e. The molecule has 1 heterocycles. The van der Waals surface area contributed by atoms with Gasteiger partial charge in [0.05, 0.1) is 11.1 Å². The van der Waals surface area contributed by atoms with E-state index in [0.29, 0.717) is 0 Å². The lowest BCUT2D eigenvalue weighted by atomic mass is 10.1.